The van der Waals surface area contributed by atoms with Gasteiger partial charge in [0.05, 0.1) is 28.8 Å². The predicted octanol–water partition coefficient (Wildman–Crippen LogP) is 4.51. The number of aromatic nitrogens is 2. The molecule has 1 atom stereocenters. The third-order valence-corrected chi connectivity index (χ3v) is 9.16. The molecule has 1 N–H and O–H groups in total. The van der Waals surface area contributed by atoms with E-state index in [0.717, 1.165) is 22.2 Å². The van der Waals surface area contributed by atoms with Gasteiger partial charge < -0.3 is 14.6 Å². The largest absolute Gasteiger partial charge is 0.497 e. The van der Waals surface area contributed by atoms with Gasteiger partial charge in [0.2, 0.25) is 15.9 Å². The lowest BCUT2D eigenvalue weighted by Crippen LogP contribution is -2.38. The lowest BCUT2D eigenvalue weighted by Gasteiger charge is -2.30. The molecule has 4 aromatic rings. The number of aromatic amines is 1. The van der Waals surface area contributed by atoms with Crippen LogP contribution < -0.4 is 4.74 Å². The van der Waals surface area contributed by atoms with Crippen LogP contribution in [0.2, 0.25) is 0 Å². The zero-order valence-electron chi connectivity index (χ0n) is 20.8. The molecule has 1 aromatic heterocycles. The Balaban J connectivity index is 1.42. The minimum absolute atomic E-state index is 0.129. The first-order valence-corrected chi connectivity index (χ1v) is 14.3. The Morgan fingerprint density at radius 3 is 2.43 bits per heavy atom. The van der Waals surface area contributed by atoms with E-state index < -0.39 is 16.2 Å². The zero-order chi connectivity index (χ0) is 26.2. The summed E-state index contributed by atoms with van der Waals surface area (Å²) in [6, 6.07) is 19.9. The molecule has 0 aliphatic carbocycles. The third kappa shape index (κ3) is 5.09. The van der Waals surface area contributed by atoms with Gasteiger partial charge in [0.25, 0.3) is 0 Å². The number of rotatable bonds is 7. The van der Waals surface area contributed by atoms with Crippen LogP contribution in [0.1, 0.15) is 22.9 Å². The van der Waals surface area contributed by atoms with E-state index in [-0.39, 0.29) is 23.1 Å². The first kappa shape index (κ1) is 25.3. The number of sulfonamides is 1. The Kier molecular flexibility index (Phi) is 6.98. The van der Waals surface area contributed by atoms with E-state index >= 15 is 0 Å². The van der Waals surface area contributed by atoms with Crippen molar-refractivity contribution in [1.82, 2.24) is 19.2 Å². The normalized spacial score (nSPS) is 16.4. The first-order valence-electron chi connectivity index (χ1n) is 11.9. The second kappa shape index (κ2) is 10.2. The molecular weight excluding hydrogens is 508 g/mol. The van der Waals surface area contributed by atoms with Gasteiger partial charge in [-0.15, -0.1) is 0 Å². The molecule has 3 aromatic carbocycles. The van der Waals surface area contributed by atoms with Crippen molar-refractivity contribution in [2.75, 3.05) is 26.0 Å². The summed E-state index contributed by atoms with van der Waals surface area (Å²) >= 11 is 1.31. The molecule has 10 heteroatoms. The van der Waals surface area contributed by atoms with Crippen molar-refractivity contribution in [3.8, 4) is 5.75 Å². The third-order valence-electron chi connectivity index (χ3n) is 6.44. The SMILES string of the molecule is COc1ccc(C2N(C(=O)CSc3nc4ccc(C)cc4[nH]3)CCN2S(=O)(=O)c2ccc(C)cc2)cc1. The van der Waals surface area contributed by atoms with E-state index in [1.165, 1.54) is 16.1 Å². The quantitative estimate of drug-likeness (QED) is 0.349. The van der Waals surface area contributed by atoms with Gasteiger partial charge in [0.1, 0.15) is 11.9 Å². The molecule has 2 heterocycles. The van der Waals surface area contributed by atoms with Gasteiger partial charge in [-0.1, -0.05) is 47.7 Å². The molecule has 1 aliphatic rings. The number of H-pyrrole nitrogens is 1. The van der Waals surface area contributed by atoms with E-state index in [4.69, 9.17) is 4.74 Å². The summed E-state index contributed by atoms with van der Waals surface area (Å²) in [6.07, 6.45) is -0.761. The number of ether oxygens (including phenoxy) is 1. The number of imidazole rings is 1. The fourth-order valence-corrected chi connectivity index (χ4v) is 6.81. The number of thioether (sulfide) groups is 1. The van der Waals surface area contributed by atoms with Crippen molar-refractivity contribution < 1.29 is 17.9 Å². The first-order chi connectivity index (χ1) is 17.8. The number of benzene rings is 3. The number of amides is 1. The summed E-state index contributed by atoms with van der Waals surface area (Å²) < 4.78 is 34.0. The number of aryl methyl sites for hydroxylation is 2. The van der Waals surface area contributed by atoms with Gasteiger partial charge in [-0.05, 0) is 61.4 Å². The van der Waals surface area contributed by atoms with Crippen LogP contribution in [-0.4, -0.2) is 59.5 Å². The average molecular weight is 537 g/mol. The van der Waals surface area contributed by atoms with Crippen molar-refractivity contribution in [2.45, 2.75) is 30.1 Å². The maximum absolute atomic E-state index is 13.7. The van der Waals surface area contributed by atoms with Crippen molar-refractivity contribution >= 4 is 38.7 Å². The van der Waals surface area contributed by atoms with Gasteiger partial charge in [0.15, 0.2) is 5.16 Å². The Hall–Kier alpha value is -3.34. The molecule has 1 aliphatic heterocycles. The van der Waals surface area contributed by atoms with Crippen molar-refractivity contribution in [2.24, 2.45) is 0 Å². The Bertz CT molecular complexity index is 1530. The molecule has 0 radical (unpaired) electrons. The fourth-order valence-electron chi connectivity index (χ4n) is 4.47. The molecule has 1 saturated heterocycles. The standard InChI is InChI=1S/C27H28N4O4S2/c1-18-4-11-22(12-5-18)37(33,34)31-15-14-30(26(31)20-7-9-21(35-3)10-8-20)25(32)17-36-27-28-23-13-6-19(2)16-24(23)29-27/h4-13,16,26H,14-15,17H2,1-3H3,(H,28,29). The molecule has 1 unspecified atom stereocenters. The smallest absolute Gasteiger partial charge is 0.245 e. The number of methoxy groups -OCH3 is 1. The number of carbonyl (C=O) groups is 1. The highest BCUT2D eigenvalue weighted by atomic mass is 32.2. The van der Waals surface area contributed by atoms with Gasteiger partial charge in [-0.2, -0.15) is 4.31 Å². The molecule has 1 amide bonds. The van der Waals surface area contributed by atoms with Crippen LogP contribution in [0, 0.1) is 13.8 Å². The van der Waals surface area contributed by atoms with Gasteiger partial charge >= 0.3 is 0 Å². The predicted molar refractivity (Wildman–Crippen MR) is 144 cm³/mol. The molecule has 0 spiro atoms. The molecule has 192 valence electrons. The summed E-state index contributed by atoms with van der Waals surface area (Å²) in [5, 5.41) is 0.651. The number of nitrogens with zero attached hydrogens (tertiary/aromatic N) is 3. The average Bonchev–Trinajstić information content (AvgIpc) is 3.52. The lowest BCUT2D eigenvalue weighted by molar-refractivity contribution is -0.130. The maximum atomic E-state index is 13.7. The van der Waals surface area contributed by atoms with E-state index in [1.54, 1.807) is 48.4 Å². The van der Waals surface area contributed by atoms with E-state index in [2.05, 4.69) is 9.97 Å². The summed E-state index contributed by atoms with van der Waals surface area (Å²) in [4.78, 5) is 23.1. The molecule has 37 heavy (non-hydrogen) atoms. The van der Waals surface area contributed by atoms with Crippen molar-refractivity contribution in [1.29, 1.82) is 0 Å². The van der Waals surface area contributed by atoms with Crippen LogP contribution in [-0.2, 0) is 14.8 Å². The van der Waals surface area contributed by atoms with Crippen molar-refractivity contribution in [3.63, 3.8) is 0 Å². The second-order valence-corrected chi connectivity index (χ2v) is 11.9. The molecule has 0 saturated carbocycles. The van der Waals surface area contributed by atoms with Crippen LogP contribution in [0.5, 0.6) is 5.75 Å². The highest BCUT2D eigenvalue weighted by Crippen LogP contribution is 2.36. The van der Waals surface area contributed by atoms with Gasteiger partial charge in [0, 0.05) is 13.1 Å². The summed E-state index contributed by atoms with van der Waals surface area (Å²) in [7, 11) is -2.27. The molecule has 5 rings (SSSR count). The maximum Gasteiger partial charge on any atom is 0.245 e. The Morgan fingerprint density at radius 2 is 1.73 bits per heavy atom. The van der Waals surface area contributed by atoms with Crippen molar-refractivity contribution in [3.05, 3.63) is 83.4 Å². The topological polar surface area (TPSA) is 95.6 Å². The molecule has 0 bridgehead atoms. The number of hydrogen-bond acceptors (Lipinski definition) is 6. The molecule has 8 nitrogen and oxygen atoms in total. The monoisotopic (exact) mass is 536 g/mol. The summed E-state index contributed by atoms with van der Waals surface area (Å²) in [6.45, 7) is 4.42. The molecular formula is C27H28N4O4S2. The highest BCUT2D eigenvalue weighted by molar-refractivity contribution is 7.99. The fraction of sp³-hybridized carbons (Fsp3) is 0.259. The van der Waals surface area contributed by atoms with E-state index in [0.29, 0.717) is 23.0 Å². The number of hydrogen-bond donors (Lipinski definition) is 1. The minimum Gasteiger partial charge on any atom is -0.497 e. The zero-order valence-corrected chi connectivity index (χ0v) is 22.5. The van der Waals surface area contributed by atoms with Crippen LogP contribution in [0.15, 0.2) is 76.8 Å². The summed E-state index contributed by atoms with van der Waals surface area (Å²) in [5.74, 6) is 0.622. The van der Waals surface area contributed by atoms with Gasteiger partial charge in [-0.3, -0.25) is 4.79 Å². The Morgan fingerprint density at radius 1 is 1.03 bits per heavy atom. The van der Waals surface area contributed by atoms with Crippen LogP contribution >= 0.6 is 11.8 Å². The van der Waals surface area contributed by atoms with Crippen LogP contribution in [0.3, 0.4) is 0 Å². The number of carbonyl (C=O) groups excluding carboxylic acids is 1. The number of nitrogens with one attached hydrogen (secondary N) is 1. The second-order valence-electron chi connectivity index (χ2n) is 9.01. The summed E-state index contributed by atoms with van der Waals surface area (Å²) in [5.41, 5.74) is 4.56. The minimum atomic E-state index is -3.84. The lowest BCUT2D eigenvalue weighted by atomic mass is 10.1. The number of fused-ring (bicyclic) bond motifs is 1. The van der Waals surface area contributed by atoms with E-state index in [1.807, 2.05) is 44.2 Å². The van der Waals surface area contributed by atoms with Crippen LogP contribution in [0.25, 0.3) is 11.0 Å². The Labute approximate surface area is 220 Å². The van der Waals surface area contributed by atoms with E-state index in [9.17, 15) is 13.2 Å². The van der Waals surface area contributed by atoms with Gasteiger partial charge in [-0.25, -0.2) is 13.4 Å². The highest BCUT2D eigenvalue weighted by Gasteiger charge is 2.43. The van der Waals surface area contributed by atoms with Crippen LogP contribution in [0.4, 0.5) is 0 Å². The molecule has 1 fully saturated rings.